The van der Waals surface area contributed by atoms with E-state index in [0.717, 1.165) is 37.1 Å². The van der Waals surface area contributed by atoms with Gasteiger partial charge in [0.1, 0.15) is 0 Å². The van der Waals surface area contributed by atoms with Gasteiger partial charge in [0, 0.05) is 38.3 Å². The molecule has 0 saturated carbocycles. The molecule has 1 saturated heterocycles. The average Bonchev–Trinajstić information content (AvgIpc) is 2.78. The Labute approximate surface area is 172 Å². The van der Waals surface area contributed by atoms with Crippen molar-refractivity contribution in [3.8, 4) is 0 Å². The van der Waals surface area contributed by atoms with Crippen molar-refractivity contribution in [1.29, 1.82) is 0 Å². The molecule has 1 fully saturated rings. The molecular weight excluding hydrogens is 362 g/mol. The van der Waals surface area contributed by atoms with Gasteiger partial charge >= 0.3 is 0 Å². The third kappa shape index (κ3) is 5.04. The Morgan fingerprint density at radius 2 is 1.59 bits per heavy atom. The summed E-state index contributed by atoms with van der Waals surface area (Å²) in [6.45, 7) is 3.73. The van der Waals surface area contributed by atoms with Gasteiger partial charge in [-0.2, -0.15) is 0 Å². The molecule has 1 aliphatic heterocycles. The van der Waals surface area contributed by atoms with Crippen molar-refractivity contribution in [1.82, 2.24) is 15.1 Å². The zero-order chi connectivity index (χ0) is 20.1. The van der Waals surface area contributed by atoms with E-state index in [1.165, 1.54) is 24.0 Å². The molecule has 2 amide bonds. The molecule has 1 aliphatic carbocycles. The molecule has 5 heteroatoms. The molecule has 0 atom stereocenters. The standard InChI is InChI=1S/C24H29N3O2/c28-23(25-17-19-6-2-1-3-7-19)18-26-12-14-27(15-13-26)24(29)22-11-10-20-8-4-5-9-21(20)16-22/h1-3,6-7,10-11,16H,4-5,8-9,12-15,17-18H2,(H,25,28). The molecule has 2 aromatic carbocycles. The third-order valence-corrected chi connectivity index (χ3v) is 5.95. The van der Waals surface area contributed by atoms with Crippen molar-refractivity contribution in [3.63, 3.8) is 0 Å². The van der Waals surface area contributed by atoms with Gasteiger partial charge in [0.15, 0.2) is 0 Å². The van der Waals surface area contributed by atoms with Crippen molar-refractivity contribution < 1.29 is 9.59 Å². The van der Waals surface area contributed by atoms with Crippen LogP contribution < -0.4 is 5.32 Å². The van der Waals surface area contributed by atoms with Gasteiger partial charge in [-0.15, -0.1) is 0 Å². The summed E-state index contributed by atoms with van der Waals surface area (Å²) >= 11 is 0. The van der Waals surface area contributed by atoms with Gasteiger partial charge in [0.05, 0.1) is 6.54 Å². The van der Waals surface area contributed by atoms with Crippen LogP contribution in [-0.2, 0) is 24.2 Å². The van der Waals surface area contributed by atoms with Crippen molar-refractivity contribution in [2.75, 3.05) is 32.7 Å². The molecular formula is C24H29N3O2. The maximum Gasteiger partial charge on any atom is 0.253 e. The lowest BCUT2D eigenvalue weighted by Gasteiger charge is -2.34. The number of fused-ring (bicyclic) bond motifs is 1. The number of amides is 2. The van der Waals surface area contributed by atoms with Crippen LogP contribution in [0, 0.1) is 0 Å². The van der Waals surface area contributed by atoms with E-state index in [-0.39, 0.29) is 11.8 Å². The lowest BCUT2D eigenvalue weighted by Crippen LogP contribution is -2.51. The Balaban J connectivity index is 1.24. The van der Waals surface area contributed by atoms with Gasteiger partial charge < -0.3 is 10.2 Å². The fraction of sp³-hybridized carbons (Fsp3) is 0.417. The second-order valence-corrected chi connectivity index (χ2v) is 8.02. The van der Waals surface area contributed by atoms with Crippen LogP contribution in [0.2, 0.25) is 0 Å². The van der Waals surface area contributed by atoms with Gasteiger partial charge in [0.25, 0.3) is 5.91 Å². The van der Waals surface area contributed by atoms with Crippen LogP contribution in [-0.4, -0.2) is 54.3 Å². The highest BCUT2D eigenvalue weighted by Gasteiger charge is 2.24. The Bertz CT molecular complexity index is 858. The smallest absolute Gasteiger partial charge is 0.253 e. The molecule has 2 aliphatic rings. The molecule has 2 aromatic rings. The Morgan fingerprint density at radius 1 is 0.862 bits per heavy atom. The van der Waals surface area contributed by atoms with Crippen LogP contribution >= 0.6 is 0 Å². The van der Waals surface area contributed by atoms with Crippen molar-refractivity contribution in [3.05, 3.63) is 70.8 Å². The fourth-order valence-electron chi connectivity index (χ4n) is 4.21. The van der Waals surface area contributed by atoms with Crippen LogP contribution in [0.1, 0.15) is 39.9 Å². The average molecular weight is 392 g/mol. The van der Waals surface area contributed by atoms with Gasteiger partial charge in [-0.25, -0.2) is 0 Å². The summed E-state index contributed by atoms with van der Waals surface area (Å²) in [5, 5.41) is 2.97. The lowest BCUT2D eigenvalue weighted by atomic mass is 9.90. The van der Waals surface area contributed by atoms with Gasteiger partial charge in [0.2, 0.25) is 5.91 Å². The maximum atomic E-state index is 12.9. The van der Waals surface area contributed by atoms with E-state index in [1.54, 1.807) is 0 Å². The van der Waals surface area contributed by atoms with E-state index in [0.29, 0.717) is 26.2 Å². The summed E-state index contributed by atoms with van der Waals surface area (Å²) in [5.41, 5.74) is 4.65. The second-order valence-electron chi connectivity index (χ2n) is 8.02. The maximum absolute atomic E-state index is 12.9. The predicted octanol–water partition coefficient (Wildman–Crippen LogP) is 2.64. The molecule has 1 N–H and O–H groups in total. The van der Waals surface area contributed by atoms with Crippen LogP contribution in [0.4, 0.5) is 0 Å². The first-order valence-corrected chi connectivity index (χ1v) is 10.6. The van der Waals surface area contributed by atoms with E-state index in [2.05, 4.69) is 22.3 Å². The zero-order valence-electron chi connectivity index (χ0n) is 16.9. The van der Waals surface area contributed by atoms with E-state index < -0.39 is 0 Å². The highest BCUT2D eigenvalue weighted by Crippen LogP contribution is 2.23. The van der Waals surface area contributed by atoms with Crippen molar-refractivity contribution in [2.45, 2.75) is 32.2 Å². The molecule has 0 radical (unpaired) electrons. The molecule has 1 heterocycles. The monoisotopic (exact) mass is 391 g/mol. The van der Waals surface area contributed by atoms with Crippen LogP contribution in [0.15, 0.2) is 48.5 Å². The largest absolute Gasteiger partial charge is 0.351 e. The van der Waals surface area contributed by atoms with E-state index in [1.807, 2.05) is 41.3 Å². The highest BCUT2D eigenvalue weighted by molar-refractivity contribution is 5.94. The van der Waals surface area contributed by atoms with Gasteiger partial charge in [-0.3, -0.25) is 14.5 Å². The number of rotatable bonds is 5. The first-order valence-electron chi connectivity index (χ1n) is 10.6. The number of nitrogens with one attached hydrogen (secondary N) is 1. The van der Waals surface area contributed by atoms with Crippen molar-refractivity contribution in [2.24, 2.45) is 0 Å². The summed E-state index contributed by atoms with van der Waals surface area (Å²) in [6, 6.07) is 16.1. The van der Waals surface area contributed by atoms with Crippen LogP contribution in [0.25, 0.3) is 0 Å². The second kappa shape index (κ2) is 9.23. The number of carbonyl (C=O) groups excluding carboxylic acids is 2. The van der Waals surface area contributed by atoms with Crippen molar-refractivity contribution >= 4 is 11.8 Å². The molecule has 5 nitrogen and oxygen atoms in total. The number of hydrogen-bond donors (Lipinski definition) is 1. The normalized spacial score (nSPS) is 16.9. The summed E-state index contributed by atoms with van der Waals surface area (Å²) in [7, 11) is 0. The summed E-state index contributed by atoms with van der Waals surface area (Å²) in [5.74, 6) is 0.148. The van der Waals surface area contributed by atoms with E-state index in [4.69, 9.17) is 0 Å². The molecule has 152 valence electrons. The predicted molar refractivity (Wildman–Crippen MR) is 114 cm³/mol. The van der Waals surface area contributed by atoms with E-state index >= 15 is 0 Å². The third-order valence-electron chi connectivity index (χ3n) is 5.95. The summed E-state index contributed by atoms with van der Waals surface area (Å²) in [4.78, 5) is 29.2. The SMILES string of the molecule is O=C(CN1CCN(C(=O)c2ccc3c(c2)CCCC3)CC1)NCc1ccccc1. The molecule has 0 spiro atoms. The Hall–Kier alpha value is -2.66. The number of nitrogens with zero attached hydrogens (tertiary/aromatic N) is 2. The number of hydrogen-bond acceptors (Lipinski definition) is 3. The van der Waals surface area contributed by atoms with Gasteiger partial charge in [-0.1, -0.05) is 36.4 Å². The fourth-order valence-corrected chi connectivity index (χ4v) is 4.21. The number of piperazine rings is 1. The quantitative estimate of drug-likeness (QED) is 0.853. The minimum absolute atomic E-state index is 0.0308. The van der Waals surface area contributed by atoms with Gasteiger partial charge in [-0.05, 0) is 54.5 Å². The minimum Gasteiger partial charge on any atom is -0.351 e. The zero-order valence-corrected chi connectivity index (χ0v) is 16.9. The van der Waals surface area contributed by atoms with E-state index in [9.17, 15) is 9.59 Å². The number of benzene rings is 2. The topological polar surface area (TPSA) is 52.7 Å². The number of carbonyl (C=O) groups is 2. The van der Waals surface area contributed by atoms with Crippen LogP contribution in [0.5, 0.6) is 0 Å². The first kappa shape index (κ1) is 19.6. The Morgan fingerprint density at radius 3 is 2.34 bits per heavy atom. The first-order chi connectivity index (χ1) is 14.2. The molecule has 29 heavy (non-hydrogen) atoms. The molecule has 0 aromatic heterocycles. The minimum atomic E-state index is 0.0308. The summed E-state index contributed by atoms with van der Waals surface area (Å²) in [6.07, 6.45) is 4.69. The number of aryl methyl sites for hydroxylation is 2. The molecule has 0 unspecified atom stereocenters. The Kier molecular flexibility index (Phi) is 6.25. The highest BCUT2D eigenvalue weighted by atomic mass is 16.2. The molecule has 0 bridgehead atoms. The van der Waals surface area contributed by atoms with Crippen LogP contribution in [0.3, 0.4) is 0 Å². The lowest BCUT2D eigenvalue weighted by molar-refractivity contribution is -0.122. The summed E-state index contributed by atoms with van der Waals surface area (Å²) < 4.78 is 0. The molecule has 4 rings (SSSR count).